The number of aromatic nitrogens is 1. The molecule has 14 nitrogen and oxygen atoms in total. The molecule has 2 amide bonds. The van der Waals surface area contributed by atoms with Crippen LogP contribution in [0.1, 0.15) is 17.3 Å². The van der Waals surface area contributed by atoms with Crippen molar-refractivity contribution >= 4 is 55.2 Å². The number of amides is 2. The summed E-state index contributed by atoms with van der Waals surface area (Å²) in [6, 6.07) is 9.32. The summed E-state index contributed by atoms with van der Waals surface area (Å²) in [5.41, 5.74) is 0.395. The van der Waals surface area contributed by atoms with Gasteiger partial charge in [-0.25, -0.2) is 13.2 Å². The maximum Gasteiger partial charge on any atom is 0.409 e. The Balaban J connectivity index is 1.58. The van der Waals surface area contributed by atoms with E-state index in [9.17, 15) is 32.9 Å². The summed E-state index contributed by atoms with van der Waals surface area (Å²) in [6.45, 7) is 2.22. The molecule has 3 aromatic rings. The number of thiazole rings is 1. The van der Waals surface area contributed by atoms with Crippen molar-refractivity contribution in [3.05, 3.63) is 62.9 Å². The summed E-state index contributed by atoms with van der Waals surface area (Å²) < 4.78 is 39.0. The summed E-state index contributed by atoms with van der Waals surface area (Å²) in [7, 11) is -2.66. The highest BCUT2D eigenvalue weighted by molar-refractivity contribution is 7.89. The van der Waals surface area contributed by atoms with E-state index in [0.717, 1.165) is 11.3 Å². The van der Waals surface area contributed by atoms with Crippen molar-refractivity contribution in [2.24, 2.45) is 4.99 Å². The molecule has 0 radical (unpaired) electrons. The molecule has 1 aromatic heterocycles. The monoisotopic (exact) mass is 591 g/mol. The van der Waals surface area contributed by atoms with E-state index in [1.54, 1.807) is 6.92 Å². The molecule has 1 aliphatic rings. The predicted molar refractivity (Wildman–Crippen MR) is 142 cm³/mol. The SMILES string of the molecule is CCOC(=O)N1CCN(S(=O)(=O)c2ccc(C(=O)N=c3sc4cc([N+](=O)[O-])ccc4n3CC(=O)OC)cc2)CC1. The molecule has 2 aromatic carbocycles. The fraction of sp³-hybridized carbons (Fsp3) is 0.333. The zero-order valence-corrected chi connectivity index (χ0v) is 23.1. The van der Waals surface area contributed by atoms with E-state index in [-0.39, 0.29) is 60.3 Å². The molecule has 0 saturated carbocycles. The number of carbonyl (C=O) groups is 3. The largest absolute Gasteiger partial charge is 0.468 e. The van der Waals surface area contributed by atoms with Gasteiger partial charge in [0, 0.05) is 43.9 Å². The van der Waals surface area contributed by atoms with Crippen LogP contribution < -0.4 is 4.80 Å². The van der Waals surface area contributed by atoms with Gasteiger partial charge in [-0.15, -0.1) is 0 Å². The van der Waals surface area contributed by atoms with Gasteiger partial charge in [0.2, 0.25) is 10.0 Å². The van der Waals surface area contributed by atoms with Crippen LogP contribution in [-0.2, 0) is 30.8 Å². The van der Waals surface area contributed by atoms with Crippen LogP contribution in [0.3, 0.4) is 0 Å². The van der Waals surface area contributed by atoms with Gasteiger partial charge in [-0.05, 0) is 37.3 Å². The lowest BCUT2D eigenvalue weighted by Crippen LogP contribution is -2.50. The van der Waals surface area contributed by atoms with Crippen molar-refractivity contribution in [2.45, 2.75) is 18.4 Å². The number of carbonyl (C=O) groups excluding carboxylic acids is 3. The van der Waals surface area contributed by atoms with Crippen molar-refractivity contribution in [2.75, 3.05) is 39.9 Å². The molecule has 1 saturated heterocycles. The second-order valence-corrected chi connectivity index (χ2v) is 11.4. The van der Waals surface area contributed by atoms with E-state index >= 15 is 0 Å². The van der Waals surface area contributed by atoms with E-state index in [0.29, 0.717) is 10.2 Å². The van der Waals surface area contributed by atoms with Crippen LogP contribution in [0.5, 0.6) is 0 Å². The summed E-state index contributed by atoms with van der Waals surface area (Å²) in [6.07, 6.45) is -0.490. The number of nitrogens with zero attached hydrogens (tertiary/aromatic N) is 5. The minimum atomic E-state index is -3.87. The Morgan fingerprint density at radius 3 is 2.35 bits per heavy atom. The highest BCUT2D eigenvalue weighted by Gasteiger charge is 2.30. The zero-order chi connectivity index (χ0) is 29.0. The molecule has 16 heteroatoms. The van der Waals surface area contributed by atoms with Gasteiger partial charge < -0.3 is 18.9 Å². The Morgan fingerprint density at radius 1 is 1.07 bits per heavy atom. The second kappa shape index (κ2) is 11.9. The highest BCUT2D eigenvalue weighted by Crippen LogP contribution is 2.24. The molecule has 1 fully saturated rings. The standard InChI is InChI=1S/C24H25N5O9S2/c1-3-38-24(32)26-10-12-27(13-11-26)40(35,36)18-7-4-16(5-8-18)22(31)25-23-28(15-21(30)37-2)19-9-6-17(29(33)34)14-20(19)39-23/h4-9,14H,3,10-13,15H2,1-2H3. The quantitative estimate of drug-likeness (QED) is 0.226. The number of rotatable bonds is 7. The number of ether oxygens (including phenoxy) is 2. The Labute approximate surface area is 232 Å². The number of benzene rings is 2. The van der Waals surface area contributed by atoms with Crippen molar-refractivity contribution in [3.63, 3.8) is 0 Å². The van der Waals surface area contributed by atoms with E-state index in [2.05, 4.69) is 4.99 Å². The zero-order valence-electron chi connectivity index (χ0n) is 21.5. The number of sulfonamides is 1. The van der Waals surface area contributed by atoms with Crippen LogP contribution in [0.2, 0.25) is 0 Å². The number of methoxy groups -OCH3 is 1. The minimum absolute atomic E-state index is 0.0245. The topological polar surface area (TPSA) is 171 Å². The van der Waals surface area contributed by atoms with Gasteiger partial charge in [0.05, 0.1) is 33.8 Å². The first kappa shape index (κ1) is 28.8. The maximum atomic E-state index is 13.1. The molecule has 212 valence electrons. The molecule has 0 aliphatic carbocycles. The van der Waals surface area contributed by atoms with Gasteiger partial charge in [0.25, 0.3) is 11.6 Å². The van der Waals surface area contributed by atoms with Crippen LogP contribution >= 0.6 is 11.3 Å². The summed E-state index contributed by atoms with van der Waals surface area (Å²) in [5.74, 6) is -1.31. The molecule has 2 heterocycles. The lowest BCUT2D eigenvalue weighted by Gasteiger charge is -2.33. The third-order valence-corrected chi connectivity index (χ3v) is 9.05. The van der Waals surface area contributed by atoms with Gasteiger partial charge in [-0.2, -0.15) is 9.30 Å². The fourth-order valence-electron chi connectivity index (χ4n) is 4.00. The van der Waals surface area contributed by atoms with E-state index < -0.39 is 32.9 Å². The van der Waals surface area contributed by atoms with Crippen LogP contribution in [0.15, 0.2) is 52.4 Å². The van der Waals surface area contributed by atoms with E-state index in [4.69, 9.17) is 9.47 Å². The van der Waals surface area contributed by atoms with E-state index in [1.807, 2.05) is 0 Å². The van der Waals surface area contributed by atoms with Crippen molar-refractivity contribution in [1.82, 2.24) is 13.8 Å². The molecule has 1 aliphatic heterocycles. The number of nitro benzene ring substituents is 1. The van der Waals surface area contributed by atoms with Crippen molar-refractivity contribution in [1.29, 1.82) is 0 Å². The van der Waals surface area contributed by atoms with Crippen LogP contribution in [0.4, 0.5) is 10.5 Å². The summed E-state index contributed by atoms with van der Waals surface area (Å²) in [5, 5.41) is 11.2. The van der Waals surface area contributed by atoms with Crippen molar-refractivity contribution in [3.8, 4) is 0 Å². The molecule has 4 rings (SSSR count). The molecule has 0 N–H and O–H groups in total. The fourth-order valence-corrected chi connectivity index (χ4v) is 6.49. The Hall–Kier alpha value is -4.15. The Bertz CT molecular complexity index is 1640. The van der Waals surface area contributed by atoms with Crippen molar-refractivity contribution < 1.29 is 37.2 Å². The average molecular weight is 592 g/mol. The number of hydrogen-bond donors (Lipinski definition) is 0. The van der Waals surface area contributed by atoms with Crippen LogP contribution in [0, 0.1) is 10.1 Å². The molecule has 0 spiro atoms. The number of esters is 1. The predicted octanol–water partition coefficient (Wildman–Crippen LogP) is 1.99. The highest BCUT2D eigenvalue weighted by atomic mass is 32.2. The molecular formula is C24H25N5O9S2. The lowest BCUT2D eigenvalue weighted by atomic mass is 10.2. The first-order chi connectivity index (χ1) is 19.0. The number of fused-ring (bicyclic) bond motifs is 1. The third-order valence-electron chi connectivity index (χ3n) is 6.09. The van der Waals surface area contributed by atoms with Gasteiger partial charge in [-0.3, -0.25) is 19.7 Å². The first-order valence-electron chi connectivity index (χ1n) is 12.0. The Kier molecular flexibility index (Phi) is 8.61. The smallest absolute Gasteiger partial charge is 0.409 e. The molecular weight excluding hydrogens is 566 g/mol. The maximum absolute atomic E-state index is 13.1. The number of nitro groups is 1. The molecule has 0 unspecified atom stereocenters. The normalized spacial score (nSPS) is 14.8. The molecule has 40 heavy (non-hydrogen) atoms. The first-order valence-corrected chi connectivity index (χ1v) is 14.3. The van der Waals surface area contributed by atoms with Crippen LogP contribution in [0.25, 0.3) is 10.2 Å². The average Bonchev–Trinajstić information content (AvgIpc) is 3.28. The third kappa shape index (κ3) is 6.03. The summed E-state index contributed by atoms with van der Waals surface area (Å²) in [4.78, 5) is 53.1. The molecule has 0 bridgehead atoms. The number of piperazine rings is 1. The second-order valence-electron chi connectivity index (χ2n) is 8.49. The van der Waals surface area contributed by atoms with E-state index in [1.165, 1.54) is 63.3 Å². The van der Waals surface area contributed by atoms with Gasteiger partial charge >= 0.3 is 12.1 Å². The van der Waals surface area contributed by atoms with Crippen LogP contribution in [-0.4, -0.2) is 85.0 Å². The van der Waals surface area contributed by atoms with Gasteiger partial charge in [0.1, 0.15) is 6.54 Å². The number of hydrogen-bond acceptors (Lipinski definition) is 10. The Morgan fingerprint density at radius 2 is 1.75 bits per heavy atom. The minimum Gasteiger partial charge on any atom is -0.468 e. The van der Waals surface area contributed by atoms with Gasteiger partial charge in [-0.1, -0.05) is 11.3 Å². The number of non-ortho nitro benzene ring substituents is 1. The molecule has 0 atom stereocenters. The van der Waals surface area contributed by atoms with Gasteiger partial charge in [0.15, 0.2) is 4.80 Å². The lowest BCUT2D eigenvalue weighted by molar-refractivity contribution is -0.384. The summed E-state index contributed by atoms with van der Waals surface area (Å²) >= 11 is 0.986.